The Morgan fingerprint density at radius 3 is 2.64 bits per heavy atom. The van der Waals surface area contributed by atoms with E-state index in [2.05, 4.69) is 25.9 Å². The third-order valence-electron chi connectivity index (χ3n) is 3.20. The number of carbonyl (C=O) groups is 2. The third-order valence-corrected chi connectivity index (χ3v) is 3.94. The fourth-order valence-electron chi connectivity index (χ4n) is 2.09. The highest BCUT2D eigenvalue weighted by Gasteiger charge is 2.12. The molecule has 0 unspecified atom stereocenters. The molecule has 0 atom stereocenters. The number of hydrogen-bond acceptors (Lipinski definition) is 5. The van der Waals surface area contributed by atoms with Crippen LogP contribution in [0.5, 0.6) is 0 Å². The van der Waals surface area contributed by atoms with Crippen LogP contribution in [-0.2, 0) is 4.79 Å². The molecule has 3 amide bonds. The number of nitrogens with one attached hydrogen (secondary N) is 3. The Hall–Kier alpha value is -3.26. The number of benzene rings is 1. The summed E-state index contributed by atoms with van der Waals surface area (Å²) < 4.78 is 0. The number of rotatable bonds is 5. The average molecular weight is 353 g/mol. The highest BCUT2D eigenvalue weighted by atomic mass is 32.1. The van der Waals surface area contributed by atoms with Crippen molar-refractivity contribution in [3.63, 3.8) is 0 Å². The minimum absolute atomic E-state index is 0.153. The Bertz CT molecular complexity index is 852. The third kappa shape index (κ3) is 4.61. The van der Waals surface area contributed by atoms with Crippen LogP contribution in [0.3, 0.4) is 0 Å². The van der Waals surface area contributed by atoms with Crippen LogP contribution >= 0.6 is 11.3 Å². The molecule has 0 aliphatic carbocycles. The lowest BCUT2D eigenvalue weighted by atomic mass is 10.2. The van der Waals surface area contributed by atoms with E-state index < -0.39 is 6.03 Å². The predicted octanol–water partition coefficient (Wildman–Crippen LogP) is 2.97. The number of carbonyl (C=O) groups excluding carboxylic acids is 2. The van der Waals surface area contributed by atoms with Crippen molar-refractivity contribution in [2.24, 2.45) is 0 Å². The van der Waals surface area contributed by atoms with E-state index in [0.29, 0.717) is 16.4 Å². The summed E-state index contributed by atoms with van der Waals surface area (Å²) in [7, 11) is 0. The van der Waals surface area contributed by atoms with Gasteiger partial charge in [-0.2, -0.15) is 0 Å². The maximum atomic E-state index is 12.0. The molecule has 0 spiro atoms. The quantitative estimate of drug-likeness (QED) is 0.657. The van der Waals surface area contributed by atoms with Crippen molar-refractivity contribution in [3.05, 3.63) is 60.4 Å². The molecule has 1 aromatic carbocycles. The van der Waals surface area contributed by atoms with Crippen LogP contribution < -0.4 is 16.0 Å². The Labute approximate surface area is 148 Å². The molecule has 2 aromatic heterocycles. The number of pyridine rings is 1. The Balaban J connectivity index is 1.54. The normalized spacial score (nSPS) is 10.1. The second kappa shape index (κ2) is 8.02. The molecule has 0 aliphatic heterocycles. The highest BCUT2D eigenvalue weighted by molar-refractivity contribution is 7.14. The smallest absolute Gasteiger partial charge is 0.320 e. The zero-order valence-corrected chi connectivity index (χ0v) is 13.9. The molecule has 8 heteroatoms. The molecule has 2 heterocycles. The molecular formula is C17H15N5O2S. The number of anilines is 2. The van der Waals surface area contributed by atoms with Crippen LogP contribution in [0.25, 0.3) is 11.3 Å². The number of hydrogen-bond donors (Lipinski definition) is 3. The fraction of sp³-hybridized carbons (Fsp3) is 0.0588. The second-order valence-corrected chi connectivity index (χ2v) is 5.85. The van der Waals surface area contributed by atoms with E-state index in [9.17, 15) is 9.59 Å². The van der Waals surface area contributed by atoms with Gasteiger partial charge >= 0.3 is 6.03 Å². The minimum atomic E-state index is -0.470. The molecule has 3 aromatic rings. The number of nitrogens with zero attached hydrogens (tertiary/aromatic N) is 2. The molecule has 0 aliphatic rings. The van der Waals surface area contributed by atoms with Gasteiger partial charge in [0.1, 0.15) is 10.7 Å². The maximum Gasteiger partial charge on any atom is 0.320 e. The number of urea groups is 1. The summed E-state index contributed by atoms with van der Waals surface area (Å²) in [6.07, 6.45) is 3.14. The van der Waals surface area contributed by atoms with E-state index in [4.69, 9.17) is 0 Å². The molecule has 0 saturated carbocycles. The Morgan fingerprint density at radius 1 is 1.04 bits per heavy atom. The van der Waals surface area contributed by atoms with Crippen molar-refractivity contribution in [2.75, 3.05) is 17.2 Å². The summed E-state index contributed by atoms with van der Waals surface area (Å²) in [5.41, 5.74) is 3.84. The van der Waals surface area contributed by atoms with Crippen molar-refractivity contribution in [1.82, 2.24) is 15.3 Å². The highest BCUT2D eigenvalue weighted by Crippen LogP contribution is 2.29. The number of amides is 3. The van der Waals surface area contributed by atoms with Crippen molar-refractivity contribution in [2.45, 2.75) is 0 Å². The Morgan fingerprint density at radius 2 is 1.88 bits per heavy atom. The molecule has 3 rings (SSSR count). The van der Waals surface area contributed by atoms with Gasteiger partial charge < -0.3 is 10.6 Å². The largest absolute Gasteiger partial charge is 0.329 e. The summed E-state index contributed by atoms with van der Waals surface area (Å²) >= 11 is 1.32. The van der Waals surface area contributed by atoms with E-state index in [0.717, 1.165) is 5.56 Å². The standard InChI is InChI=1S/C17H15N5O2S/c23-14(21-13-7-4-8-18-9-13)10-19-17(24)22-16-15(20-11-25-16)12-5-2-1-3-6-12/h1-9,11H,10H2,(H,21,23)(H2,19,22,24). The zero-order valence-electron chi connectivity index (χ0n) is 13.1. The Kier molecular flexibility index (Phi) is 5.32. The SMILES string of the molecule is O=C(CNC(=O)Nc1scnc1-c1ccccc1)Nc1cccnc1. The van der Waals surface area contributed by atoms with E-state index >= 15 is 0 Å². The molecule has 3 N–H and O–H groups in total. The van der Waals surface area contributed by atoms with Crippen LogP contribution in [-0.4, -0.2) is 28.5 Å². The predicted molar refractivity (Wildman–Crippen MR) is 97.4 cm³/mol. The molecule has 0 fully saturated rings. The van der Waals surface area contributed by atoms with Crippen LogP contribution in [0, 0.1) is 0 Å². The lowest BCUT2D eigenvalue weighted by Gasteiger charge is -2.08. The first kappa shape index (κ1) is 16.6. The molecule has 7 nitrogen and oxygen atoms in total. The lowest BCUT2D eigenvalue weighted by molar-refractivity contribution is -0.115. The van der Waals surface area contributed by atoms with Gasteiger partial charge in [0.05, 0.1) is 23.9 Å². The van der Waals surface area contributed by atoms with Crippen molar-refractivity contribution < 1.29 is 9.59 Å². The van der Waals surface area contributed by atoms with Gasteiger partial charge in [-0.3, -0.25) is 15.1 Å². The van der Waals surface area contributed by atoms with Gasteiger partial charge in [0, 0.05) is 11.8 Å². The number of thiazole rings is 1. The number of aromatic nitrogens is 2. The summed E-state index contributed by atoms with van der Waals surface area (Å²) in [6.45, 7) is -0.153. The van der Waals surface area contributed by atoms with E-state index in [1.807, 2.05) is 30.3 Å². The zero-order chi connectivity index (χ0) is 17.5. The maximum absolute atomic E-state index is 12.0. The summed E-state index contributed by atoms with van der Waals surface area (Å²) in [6, 6.07) is 12.5. The van der Waals surface area contributed by atoms with Gasteiger partial charge in [-0.15, -0.1) is 11.3 Å². The van der Waals surface area contributed by atoms with E-state index in [1.54, 1.807) is 23.8 Å². The molecule has 25 heavy (non-hydrogen) atoms. The molecule has 0 saturated heterocycles. The van der Waals surface area contributed by atoms with Crippen LogP contribution in [0.4, 0.5) is 15.5 Å². The van der Waals surface area contributed by atoms with Gasteiger partial charge in [0.25, 0.3) is 0 Å². The molecular weight excluding hydrogens is 338 g/mol. The summed E-state index contributed by atoms with van der Waals surface area (Å²) in [4.78, 5) is 32.0. The topological polar surface area (TPSA) is 96.0 Å². The van der Waals surface area contributed by atoms with Crippen LogP contribution in [0.1, 0.15) is 0 Å². The first-order chi connectivity index (χ1) is 12.2. The molecule has 0 bridgehead atoms. The van der Waals surface area contributed by atoms with E-state index in [1.165, 1.54) is 17.5 Å². The fourth-order valence-corrected chi connectivity index (χ4v) is 2.78. The first-order valence-electron chi connectivity index (χ1n) is 7.46. The summed E-state index contributed by atoms with van der Waals surface area (Å²) in [5.74, 6) is -0.337. The minimum Gasteiger partial charge on any atom is -0.329 e. The van der Waals surface area contributed by atoms with Gasteiger partial charge in [-0.05, 0) is 12.1 Å². The molecule has 0 radical (unpaired) electrons. The second-order valence-electron chi connectivity index (χ2n) is 4.99. The van der Waals surface area contributed by atoms with E-state index in [-0.39, 0.29) is 12.5 Å². The van der Waals surface area contributed by atoms with Gasteiger partial charge in [-0.1, -0.05) is 30.3 Å². The van der Waals surface area contributed by atoms with Crippen molar-refractivity contribution in [3.8, 4) is 11.3 Å². The van der Waals surface area contributed by atoms with Gasteiger partial charge in [0.2, 0.25) is 5.91 Å². The van der Waals surface area contributed by atoms with Crippen LogP contribution in [0.2, 0.25) is 0 Å². The van der Waals surface area contributed by atoms with Gasteiger partial charge in [-0.25, -0.2) is 9.78 Å². The average Bonchev–Trinajstić information content (AvgIpc) is 3.10. The monoisotopic (exact) mass is 353 g/mol. The van der Waals surface area contributed by atoms with Crippen molar-refractivity contribution in [1.29, 1.82) is 0 Å². The van der Waals surface area contributed by atoms with Gasteiger partial charge in [0.15, 0.2) is 0 Å². The van der Waals surface area contributed by atoms with Crippen LogP contribution in [0.15, 0.2) is 60.4 Å². The first-order valence-corrected chi connectivity index (χ1v) is 8.34. The molecule has 126 valence electrons. The lowest BCUT2D eigenvalue weighted by Crippen LogP contribution is -2.35. The summed E-state index contributed by atoms with van der Waals surface area (Å²) in [5, 5.41) is 8.50. The van der Waals surface area contributed by atoms with Crippen molar-refractivity contribution >= 4 is 34.0 Å².